The molecule has 1 atom stereocenters. The number of likely N-dealkylation sites (tertiary alicyclic amines) is 1. The van der Waals surface area contributed by atoms with Crippen molar-refractivity contribution >= 4 is 5.82 Å². The minimum Gasteiger partial charge on any atom is -0.496 e. The van der Waals surface area contributed by atoms with E-state index in [-0.39, 0.29) is 34.6 Å². The number of hydrogen-bond acceptors (Lipinski definition) is 6. The standard InChI is InChI=1S/C20H24F3N5O2/c1-27-18(15-8-5-12(20(21,22)23)10-16(15)30-2)26-25-17(19(27)29)24-13-4-3-9-28(11-13)14-6-7-14/h5,8,10,13-14H,3-4,6-7,9,11H2,1-2H3,(H,24,25). The molecule has 0 spiro atoms. The fourth-order valence-corrected chi connectivity index (χ4v) is 3.93. The summed E-state index contributed by atoms with van der Waals surface area (Å²) >= 11 is 0. The van der Waals surface area contributed by atoms with E-state index < -0.39 is 11.7 Å². The number of nitrogens with one attached hydrogen (secondary N) is 1. The summed E-state index contributed by atoms with van der Waals surface area (Å²) in [5, 5.41) is 11.4. The number of piperidine rings is 1. The Morgan fingerprint density at radius 1 is 1.20 bits per heavy atom. The maximum absolute atomic E-state index is 13.0. The average molecular weight is 423 g/mol. The summed E-state index contributed by atoms with van der Waals surface area (Å²) in [5.41, 5.74) is -0.955. The highest BCUT2D eigenvalue weighted by atomic mass is 19.4. The normalized spacial score (nSPS) is 20.2. The number of alkyl halides is 3. The molecule has 2 heterocycles. The first-order chi connectivity index (χ1) is 14.3. The summed E-state index contributed by atoms with van der Waals surface area (Å²) in [6.45, 7) is 1.95. The second-order valence-corrected chi connectivity index (χ2v) is 7.86. The molecule has 162 valence electrons. The predicted octanol–water partition coefficient (Wildman–Crippen LogP) is 2.91. The lowest BCUT2D eigenvalue weighted by molar-refractivity contribution is -0.137. The van der Waals surface area contributed by atoms with Crippen LogP contribution in [0, 0.1) is 0 Å². The van der Waals surface area contributed by atoms with E-state index in [0.29, 0.717) is 6.04 Å². The van der Waals surface area contributed by atoms with Gasteiger partial charge in [-0.05, 0) is 50.4 Å². The highest BCUT2D eigenvalue weighted by molar-refractivity contribution is 5.65. The summed E-state index contributed by atoms with van der Waals surface area (Å²) < 4.78 is 45.4. The molecule has 1 aromatic heterocycles. The smallest absolute Gasteiger partial charge is 0.416 e. The monoisotopic (exact) mass is 423 g/mol. The number of aromatic nitrogens is 3. The van der Waals surface area contributed by atoms with Crippen molar-refractivity contribution in [3.05, 3.63) is 34.1 Å². The Kier molecular flexibility index (Phi) is 5.44. The van der Waals surface area contributed by atoms with Gasteiger partial charge in [-0.25, -0.2) is 0 Å². The molecule has 2 fully saturated rings. The molecule has 4 rings (SSSR count). The molecule has 7 nitrogen and oxygen atoms in total. The minimum atomic E-state index is -4.49. The Morgan fingerprint density at radius 3 is 2.63 bits per heavy atom. The number of benzene rings is 1. The van der Waals surface area contributed by atoms with Gasteiger partial charge in [0.05, 0.1) is 18.2 Å². The Balaban J connectivity index is 1.59. The molecule has 1 aliphatic heterocycles. The fourth-order valence-electron chi connectivity index (χ4n) is 3.93. The van der Waals surface area contributed by atoms with Gasteiger partial charge in [0, 0.05) is 25.7 Å². The largest absolute Gasteiger partial charge is 0.496 e. The fraction of sp³-hybridized carbons (Fsp3) is 0.550. The van der Waals surface area contributed by atoms with E-state index in [4.69, 9.17) is 4.74 Å². The molecule has 1 saturated carbocycles. The van der Waals surface area contributed by atoms with Crippen molar-refractivity contribution in [3.63, 3.8) is 0 Å². The first-order valence-corrected chi connectivity index (χ1v) is 9.98. The van der Waals surface area contributed by atoms with Gasteiger partial charge in [-0.2, -0.15) is 13.2 Å². The Labute approximate surface area is 171 Å². The molecule has 10 heteroatoms. The van der Waals surface area contributed by atoms with Crippen molar-refractivity contribution in [1.82, 2.24) is 19.7 Å². The topological polar surface area (TPSA) is 72.3 Å². The zero-order valence-corrected chi connectivity index (χ0v) is 16.9. The number of halogens is 3. The van der Waals surface area contributed by atoms with E-state index in [1.807, 2.05) is 0 Å². The summed E-state index contributed by atoms with van der Waals surface area (Å²) in [5.74, 6) is 0.261. The Morgan fingerprint density at radius 2 is 1.97 bits per heavy atom. The van der Waals surface area contributed by atoms with Gasteiger partial charge in [-0.1, -0.05) is 0 Å². The van der Waals surface area contributed by atoms with Crippen LogP contribution in [0.25, 0.3) is 11.4 Å². The first-order valence-electron chi connectivity index (χ1n) is 9.98. The number of methoxy groups -OCH3 is 1. The SMILES string of the molecule is COc1cc(C(F)(F)F)ccc1-c1nnc(NC2CCCN(C3CC3)C2)c(=O)n1C. The van der Waals surface area contributed by atoms with Crippen LogP contribution in [0.5, 0.6) is 5.75 Å². The molecule has 1 N–H and O–H groups in total. The molecule has 0 bridgehead atoms. The van der Waals surface area contributed by atoms with Crippen molar-refractivity contribution < 1.29 is 17.9 Å². The van der Waals surface area contributed by atoms with Gasteiger partial charge in [0.25, 0.3) is 5.56 Å². The highest BCUT2D eigenvalue weighted by Gasteiger charge is 2.33. The van der Waals surface area contributed by atoms with Crippen LogP contribution in [0.15, 0.2) is 23.0 Å². The number of hydrogen-bond donors (Lipinski definition) is 1. The lowest BCUT2D eigenvalue weighted by Gasteiger charge is -2.33. The lowest BCUT2D eigenvalue weighted by Crippen LogP contribution is -2.44. The highest BCUT2D eigenvalue weighted by Crippen LogP contribution is 2.36. The third-order valence-electron chi connectivity index (χ3n) is 5.70. The van der Waals surface area contributed by atoms with Crippen LogP contribution in [0.3, 0.4) is 0 Å². The molecule has 30 heavy (non-hydrogen) atoms. The minimum absolute atomic E-state index is 0.0258. The Hall–Kier alpha value is -2.62. The second kappa shape index (κ2) is 7.90. The van der Waals surface area contributed by atoms with Gasteiger partial charge in [0.1, 0.15) is 5.75 Å². The van der Waals surface area contributed by atoms with E-state index >= 15 is 0 Å². The van der Waals surface area contributed by atoms with E-state index in [0.717, 1.165) is 38.1 Å². The maximum atomic E-state index is 13.0. The zero-order valence-electron chi connectivity index (χ0n) is 16.9. The molecule has 0 amide bonds. The molecule has 1 saturated heterocycles. The van der Waals surface area contributed by atoms with Crippen molar-refractivity contribution in [3.8, 4) is 17.1 Å². The van der Waals surface area contributed by atoms with Gasteiger partial charge in [-0.3, -0.25) is 14.3 Å². The number of rotatable bonds is 5. The average Bonchev–Trinajstić information content (AvgIpc) is 3.56. The van der Waals surface area contributed by atoms with Crippen LogP contribution < -0.4 is 15.6 Å². The molecule has 1 unspecified atom stereocenters. The van der Waals surface area contributed by atoms with E-state index in [2.05, 4.69) is 20.4 Å². The summed E-state index contributed by atoms with van der Waals surface area (Å²) in [7, 11) is 2.79. The van der Waals surface area contributed by atoms with Gasteiger partial charge >= 0.3 is 6.18 Å². The van der Waals surface area contributed by atoms with Crippen LogP contribution in [-0.4, -0.2) is 51.9 Å². The molecule has 2 aliphatic rings. The lowest BCUT2D eigenvalue weighted by atomic mass is 10.1. The van der Waals surface area contributed by atoms with E-state index in [1.165, 1.54) is 37.6 Å². The molecule has 2 aromatic rings. The van der Waals surface area contributed by atoms with Gasteiger partial charge in [0.2, 0.25) is 5.82 Å². The summed E-state index contributed by atoms with van der Waals surface area (Å²) in [6.07, 6.45) is -0.0212. The van der Waals surface area contributed by atoms with Gasteiger partial charge in [-0.15, -0.1) is 10.2 Å². The quantitative estimate of drug-likeness (QED) is 0.798. The van der Waals surface area contributed by atoms with Crippen molar-refractivity contribution in [2.24, 2.45) is 7.05 Å². The third kappa shape index (κ3) is 4.14. The van der Waals surface area contributed by atoms with Crippen LogP contribution >= 0.6 is 0 Å². The van der Waals surface area contributed by atoms with E-state index in [9.17, 15) is 18.0 Å². The predicted molar refractivity (Wildman–Crippen MR) is 106 cm³/mol. The molecule has 1 aliphatic carbocycles. The molecule has 1 aromatic carbocycles. The van der Waals surface area contributed by atoms with Crippen LogP contribution in [0.1, 0.15) is 31.2 Å². The van der Waals surface area contributed by atoms with Crippen LogP contribution in [-0.2, 0) is 13.2 Å². The molecule has 0 radical (unpaired) electrons. The number of nitrogens with zero attached hydrogens (tertiary/aromatic N) is 4. The first kappa shape index (κ1) is 20.6. The van der Waals surface area contributed by atoms with Gasteiger partial charge < -0.3 is 10.1 Å². The second-order valence-electron chi connectivity index (χ2n) is 7.86. The molecular formula is C20H24F3N5O2. The maximum Gasteiger partial charge on any atom is 0.416 e. The zero-order chi connectivity index (χ0) is 21.5. The number of ether oxygens (including phenoxy) is 1. The van der Waals surface area contributed by atoms with Crippen molar-refractivity contribution in [1.29, 1.82) is 0 Å². The van der Waals surface area contributed by atoms with Crippen molar-refractivity contribution in [2.75, 3.05) is 25.5 Å². The summed E-state index contributed by atoms with van der Waals surface area (Å²) in [6, 6.07) is 3.85. The Bertz CT molecular complexity index is 987. The third-order valence-corrected chi connectivity index (χ3v) is 5.70. The van der Waals surface area contributed by atoms with E-state index in [1.54, 1.807) is 0 Å². The van der Waals surface area contributed by atoms with Gasteiger partial charge in [0.15, 0.2) is 5.82 Å². The van der Waals surface area contributed by atoms with Crippen LogP contribution in [0.4, 0.5) is 19.0 Å². The molecular weight excluding hydrogens is 399 g/mol. The van der Waals surface area contributed by atoms with Crippen LogP contribution in [0.2, 0.25) is 0 Å². The summed E-state index contributed by atoms with van der Waals surface area (Å²) in [4.78, 5) is 15.3. The van der Waals surface area contributed by atoms with Crippen molar-refractivity contribution in [2.45, 2.75) is 43.9 Å². The number of anilines is 1.